The molecule has 2 amide bonds. The highest BCUT2D eigenvalue weighted by atomic mass is 79.9. The summed E-state index contributed by atoms with van der Waals surface area (Å²) in [6.45, 7) is 2.29. The van der Waals surface area contributed by atoms with E-state index in [4.69, 9.17) is 4.74 Å². The van der Waals surface area contributed by atoms with E-state index >= 15 is 0 Å². The predicted molar refractivity (Wildman–Crippen MR) is 72.1 cm³/mol. The molecule has 1 aromatic carbocycles. The Morgan fingerprint density at radius 1 is 1.37 bits per heavy atom. The number of morpholine rings is 1. The number of rotatable bonds is 2. The van der Waals surface area contributed by atoms with Gasteiger partial charge >= 0.3 is 0 Å². The number of halogens is 1. The Balaban J connectivity index is 1.84. The number of carbonyl (C=O) groups excluding carboxylic acids is 2. The van der Waals surface area contributed by atoms with E-state index in [1.54, 1.807) is 18.2 Å². The molecule has 6 heteroatoms. The van der Waals surface area contributed by atoms with Gasteiger partial charge in [-0.3, -0.25) is 14.5 Å². The fourth-order valence-electron chi connectivity index (χ4n) is 2.42. The normalized spacial score (nSPS) is 22.8. The Morgan fingerprint density at radius 3 is 2.89 bits per heavy atom. The first-order valence-corrected chi connectivity index (χ1v) is 6.93. The number of amides is 2. The highest BCUT2D eigenvalue weighted by molar-refractivity contribution is 9.10. The Kier molecular flexibility index (Phi) is 3.38. The monoisotopic (exact) mass is 324 g/mol. The number of hydrogen-bond acceptors (Lipinski definition) is 4. The van der Waals surface area contributed by atoms with Crippen molar-refractivity contribution in [3.63, 3.8) is 0 Å². The second-order valence-electron chi connectivity index (χ2n) is 4.61. The van der Waals surface area contributed by atoms with Gasteiger partial charge in [0.25, 0.3) is 11.8 Å². The molecular formula is C13H13BrN2O3. The Labute approximate surface area is 119 Å². The third-order valence-electron chi connectivity index (χ3n) is 3.35. The van der Waals surface area contributed by atoms with Crippen molar-refractivity contribution >= 4 is 27.7 Å². The molecule has 1 saturated heterocycles. The highest BCUT2D eigenvalue weighted by Crippen LogP contribution is 2.29. The SMILES string of the molecule is O=C1c2cccc(Br)c2C(=O)N1CC1COCCN1. The van der Waals surface area contributed by atoms with Crippen LogP contribution in [0.4, 0.5) is 0 Å². The van der Waals surface area contributed by atoms with Crippen LogP contribution < -0.4 is 5.32 Å². The number of nitrogens with one attached hydrogen (secondary N) is 1. The first kappa shape index (κ1) is 12.8. The van der Waals surface area contributed by atoms with Crippen molar-refractivity contribution in [1.82, 2.24) is 10.2 Å². The first-order chi connectivity index (χ1) is 9.18. The molecule has 100 valence electrons. The fourth-order valence-corrected chi connectivity index (χ4v) is 2.95. The van der Waals surface area contributed by atoms with Gasteiger partial charge in [0.05, 0.1) is 24.3 Å². The molecule has 1 N–H and O–H groups in total. The predicted octanol–water partition coefficient (Wildman–Crippen LogP) is 1.03. The minimum absolute atomic E-state index is 0.00902. The maximum Gasteiger partial charge on any atom is 0.262 e. The molecule has 0 radical (unpaired) electrons. The number of fused-ring (bicyclic) bond motifs is 1. The standard InChI is InChI=1S/C13H13BrN2O3/c14-10-3-1-2-9-11(10)13(18)16(12(9)17)6-8-7-19-5-4-15-8/h1-3,8,15H,4-7H2. The van der Waals surface area contributed by atoms with Crippen LogP contribution in [0.2, 0.25) is 0 Å². The summed E-state index contributed by atoms with van der Waals surface area (Å²) in [7, 11) is 0. The molecule has 1 unspecified atom stereocenters. The van der Waals surface area contributed by atoms with Crippen LogP contribution in [0.3, 0.4) is 0 Å². The van der Waals surface area contributed by atoms with E-state index in [2.05, 4.69) is 21.2 Å². The van der Waals surface area contributed by atoms with Crippen molar-refractivity contribution in [3.8, 4) is 0 Å². The van der Waals surface area contributed by atoms with Crippen LogP contribution in [0.15, 0.2) is 22.7 Å². The van der Waals surface area contributed by atoms with Crippen LogP contribution in [0.1, 0.15) is 20.7 Å². The lowest BCUT2D eigenvalue weighted by Crippen LogP contribution is -2.49. The fraction of sp³-hybridized carbons (Fsp3) is 0.385. The first-order valence-electron chi connectivity index (χ1n) is 6.14. The number of benzene rings is 1. The summed E-state index contributed by atoms with van der Waals surface area (Å²) in [5, 5.41) is 3.25. The van der Waals surface area contributed by atoms with E-state index in [1.165, 1.54) is 4.90 Å². The van der Waals surface area contributed by atoms with Crippen LogP contribution in [0, 0.1) is 0 Å². The number of hydrogen-bond donors (Lipinski definition) is 1. The van der Waals surface area contributed by atoms with Crippen LogP contribution in [-0.4, -0.2) is 49.1 Å². The molecule has 5 nitrogen and oxygen atoms in total. The second kappa shape index (κ2) is 5.03. The van der Waals surface area contributed by atoms with E-state index in [9.17, 15) is 9.59 Å². The van der Waals surface area contributed by atoms with E-state index in [1.807, 2.05) is 0 Å². The van der Waals surface area contributed by atoms with Crippen LogP contribution in [-0.2, 0) is 4.74 Å². The Morgan fingerprint density at radius 2 is 2.21 bits per heavy atom. The summed E-state index contributed by atoms with van der Waals surface area (Å²) in [5.41, 5.74) is 0.931. The maximum atomic E-state index is 12.3. The topological polar surface area (TPSA) is 58.6 Å². The summed E-state index contributed by atoms with van der Waals surface area (Å²) in [4.78, 5) is 25.9. The average molecular weight is 325 g/mol. The molecule has 1 fully saturated rings. The smallest absolute Gasteiger partial charge is 0.262 e. The van der Waals surface area contributed by atoms with Crippen molar-refractivity contribution in [1.29, 1.82) is 0 Å². The van der Waals surface area contributed by atoms with E-state index < -0.39 is 0 Å². The number of carbonyl (C=O) groups is 2. The lowest BCUT2D eigenvalue weighted by atomic mass is 10.1. The van der Waals surface area contributed by atoms with Gasteiger partial charge in [-0.05, 0) is 28.1 Å². The second-order valence-corrected chi connectivity index (χ2v) is 5.46. The molecule has 0 aliphatic carbocycles. The maximum absolute atomic E-state index is 12.3. The van der Waals surface area contributed by atoms with Gasteiger partial charge in [-0.15, -0.1) is 0 Å². The van der Waals surface area contributed by atoms with Crippen molar-refractivity contribution in [2.45, 2.75) is 6.04 Å². The summed E-state index contributed by atoms with van der Waals surface area (Å²) < 4.78 is 6.01. The van der Waals surface area contributed by atoms with E-state index in [-0.39, 0.29) is 17.9 Å². The van der Waals surface area contributed by atoms with Crippen molar-refractivity contribution < 1.29 is 14.3 Å². The molecule has 2 aliphatic heterocycles. The highest BCUT2D eigenvalue weighted by Gasteiger charge is 2.38. The van der Waals surface area contributed by atoms with Gasteiger partial charge in [-0.25, -0.2) is 0 Å². The van der Waals surface area contributed by atoms with Crippen LogP contribution >= 0.6 is 15.9 Å². The van der Waals surface area contributed by atoms with E-state index in [0.717, 1.165) is 6.54 Å². The molecule has 1 aromatic rings. The Hall–Kier alpha value is -1.24. The van der Waals surface area contributed by atoms with Gasteiger partial charge in [0.2, 0.25) is 0 Å². The Bertz CT molecular complexity index is 541. The lowest BCUT2D eigenvalue weighted by Gasteiger charge is -2.27. The van der Waals surface area contributed by atoms with Crippen molar-refractivity contribution in [2.24, 2.45) is 0 Å². The van der Waals surface area contributed by atoms with Crippen molar-refractivity contribution in [3.05, 3.63) is 33.8 Å². The molecule has 0 bridgehead atoms. The third kappa shape index (κ3) is 2.20. The molecule has 0 aromatic heterocycles. The molecule has 0 saturated carbocycles. The molecule has 0 spiro atoms. The van der Waals surface area contributed by atoms with Gasteiger partial charge < -0.3 is 10.1 Å². The largest absolute Gasteiger partial charge is 0.378 e. The molecule has 1 atom stereocenters. The summed E-state index contributed by atoms with van der Waals surface area (Å²) in [6, 6.07) is 5.23. The van der Waals surface area contributed by atoms with Gasteiger partial charge in [-0.2, -0.15) is 0 Å². The van der Waals surface area contributed by atoms with Crippen LogP contribution in [0.5, 0.6) is 0 Å². The van der Waals surface area contributed by atoms with E-state index in [0.29, 0.717) is 35.4 Å². The third-order valence-corrected chi connectivity index (χ3v) is 4.01. The van der Waals surface area contributed by atoms with Crippen LogP contribution in [0.25, 0.3) is 0 Å². The van der Waals surface area contributed by atoms with Crippen molar-refractivity contribution in [2.75, 3.05) is 26.3 Å². The molecular weight excluding hydrogens is 312 g/mol. The zero-order valence-corrected chi connectivity index (χ0v) is 11.8. The lowest BCUT2D eigenvalue weighted by molar-refractivity contribution is 0.0485. The summed E-state index contributed by atoms with van der Waals surface area (Å²) in [6.07, 6.45) is 0. The van der Waals surface area contributed by atoms with Gasteiger partial charge in [0.1, 0.15) is 0 Å². The van der Waals surface area contributed by atoms with Gasteiger partial charge in [-0.1, -0.05) is 6.07 Å². The minimum Gasteiger partial charge on any atom is -0.378 e. The number of ether oxygens (including phenoxy) is 1. The summed E-state index contributed by atoms with van der Waals surface area (Å²) >= 11 is 3.33. The molecule has 19 heavy (non-hydrogen) atoms. The average Bonchev–Trinajstić information content (AvgIpc) is 2.66. The number of imide groups is 1. The number of nitrogens with zero attached hydrogens (tertiary/aromatic N) is 1. The molecule has 2 aliphatic rings. The van der Waals surface area contributed by atoms with Gasteiger partial charge in [0.15, 0.2) is 0 Å². The molecule has 3 rings (SSSR count). The summed E-state index contributed by atoms with van der Waals surface area (Å²) in [5.74, 6) is -0.464. The molecule has 2 heterocycles. The van der Waals surface area contributed by atoms with Gasteiger partial charge in [0, 0.05) is 23.6 Å². The quantitative estimate of drug-likeness (QED) is 0.826. The minimum atomic E-state index is -0.236. The zero-order chi connectivity index (χ0) is 13.4. The zero-order valence-electron chi connectivity index (χ0n) is 10.2.